The van der Waals surface area contributed by atoms with Gasteiger partial charge in [0.1, 0.15) is 11.5 Å². The molecule has 274 valence electrons. The number of hydrogen-bond donors (Lipinski definition) is 2. The Morgan fingerprint density at radius 1 is 0.481 bits per heavy atom. The summed E-state index contributed by atoms with van der Waals surface area (Å²) in [5.41, 5.74) is 13.0. The summed E-state index contributed by atoms with van der Waals surface area (Å²) in [6.45, 7) is 35.5. The van der Waals surface area contributed by atoms with Gasteiger partial charge < -0.3 is 10.2 Å². The Hall–Kier alpha value is -3.20. The molecule has 0 amide bonds. The van der Waals surface area contributed by atoms with Crippen LogP contribution in [0.2, 0.25) is 13.1 Å². The fourth-order valence-electron chi connectivity index (χ4n) is 7.91. The normalized spacial score (nSPS) is 11.8. The minimum Gasteiger partial charge on any atom is -0.508 e. The molecule has 0 aliphatic heterocycles. The number of fused-ring (bicyclic) bond motifs is 2. The smallest absolute Gasteiger partial charge is 0.508 e. The van der Waals surface area contributed by atoms with Crippen LogP contribution in [-0.4, -0.2) is 18.3 Å². The Morgan fingerprint density at radius 2 is 0.788 bits per heavy atom. The van der Waals surface area contributed by atoms with Crippen molar-refractivity contribution in [3.05, 3.63) is 128 Å². The molecule has 0 saturated carbocycles. The summed E-state index contributed by atoms with van der Waals surface area (Å²) < 4.78 is 0. The Kier molecular flexibility index (Phi) is 13.3. The maximum absolute atomic E-state index is 9.57. The maximum atomic E-state index is 9.57. The van der Waals surface area contributed by atoms with Gasteiger partial charge in [-0.2, -0.15) is 10.4 Å². The standard InChI is InChI=1S/C26H30Si.2C11H16O.Zr/c1-15-9-11-17(3)23-21(15)13-19(5)25(23)27(7,8)26-20(6)14-22-16(2)10-12-18(4)24(22)26;2*1-8-5-6-10(12)9(7-8)11(2,3)4;/h9-14H,1-8H3;2*5-7,12H,1-4H3;/q-2;;;+2. The molecule has 0 aromatic heterocycles. The maximum Gasteiger partial charge on any atom is 2.00 e. The van der Waals surface area contributed by atoms with Crippen molar-refractivity contribution in [2.24, 2.45) is 0 Å². The number of rotatable bonds is 2. The van der Waals surface area contributed by atoms with Crippen LogP contribution in [0.25, 0.3) is 21.5 Å². The van der Waals surface area contributed by atoms with Gasteiger partial charge in [0.05, 0.1) is 0 Å². The van der Waals surface area contributed by atoms with E-state index in [1.165, 1.54) is 66.1 Å². The van der Waals surface area contributed by atoms with Crippen LogP contribution in [0.4, 0.5) is 0 Å². The topological polar surface area (TPSA) is 40.5 Å². The molecule has 6 aromatic rings. The summed E-state index contributed by atoms with van der Waals surface area (Å²) >= 11 is 0. The molecule has 6 aromatic carbocycles. The van der Waals surface area contributed by atoms with Crippen LogP contribution in [0.1, 0.15) is 97.2 Å². The molecule has 0 spiro atoms. The fourth-order valence-corrected chi connectivity index (χ4v) is 12.2. The van der Waals surface area contributed by atoms with Crippen molar-refractivity contribution in [2.75, 3.05) is 0 Å². The van der Waals surface area contributed by atoms with Crippen LogP contribution in [-0.2, 0) is 37.0 Å². The number of hydrogen-bond acceptors (Lipinski definition) is 2. The average Bonchev–Trinajstić information content (AvgIpc) is 3.58. The number of phenols is 2. The Morgan fingerprint density at radius 3 is 1.08 bits per heavy atom. The number of phenolic OH excluding ortho intramolecular Hbond substituents is 2. The molecule has 2 nitrogen and oxygen atoms in total. The zero-order valence-electron chi connectivity index (χ0n) is 34.8. The molecule has 0 atom stereocenters. The van der Waals surface area contributed by atoms with Crippen molar-refractivity contribution in [2.45, 2.75) is 121 Å². The largest absolute Gasteiger partial charge is 2.00 e. The van der Waals surface area contributed by atoms with E-state index in [1.54, 1.807) is 22.5 Å². The third-order valence-electron chi connectivity index (χ3n) is 10.5. The van der Waals surface area contributed by atoms with Crippen molar-refractivity contribution in [3.63, 3.8) is 0 Å². The van der Waals surface area contributed by atoms with Gasteiger partial charge in [-0.1, -0.05) is 141 Å². The summed E-state index contributed by atoms with van der Waals surface area (Å²) in [4.78, 5) is 0. The van der Waals surface area contributed by atoms with E-state index in [4.69, 9.17) is 0 Å². The van der Waals surface area contributed by atoms with E-state index in [9.17, 15) is 10.2 Å². The average molecular weight is 790 g/mol. The van der Waals surface area contributed by atoms with E-state index in [0.717, 1.165) is 11.1 Å². The fraction of sp³-hybridized carbons (Fsp3) is 0.375. The van der Waals surface area contributed by atoms with Crippen LogP contribution in [0.3, 0.4) is 0 Å². The molecule has 4 heteroatoms. The SMILES string of the molecule is Cc1[cH-]c2c(C)ccc(C)c2c1[Si](C)(C)c1c(C)[cH-]c2c(C)ccc(C)c12.Cc1ccc(O)c(C(C)(C)C)c1.Cc1ccc(O)c(C(C)(C)C)c1.[Zr+2]. The molecule has 0 aliphatic carbocycles. The predicted octanol–water partition coefficient (Wildman–Crippen LogP) is 12.1. The van der Waals surface area contributed by atoms with E-state index < -0.39 is 8.07 Å². The molecule has 0 saturated heterocycles. The van der Waals surface area contributed by atoms with Gasteiger partial charge in [0, 0.05) is 8.07 Å². The van der Waals surface area contributed by atoms with Gasteiger partial charge >= 0.3 is 26.2 Å². The summed E-state index contributed by atoms with van der Waals surface area (Å²) in [5, 5.41) is 28.3. The minimum absolute atomic E-state index is 0. The van der Waals surface area contributed by atoms with E-state index >= 15 is 0 Å². The molecule has 0 aliphatic rings. The summed E-state index contributed by atoms with van der Waals surface area (Å²) in [5.74, 6) is 0.793. The van der Waals surface area contributed by atoms with Crippen molar-refractivity contribution >= 4 is 40.0 Å². The Labute approximate surface area is 335 Å². The molecule has 0 fully saturated rings. The van der Waals surface area contributed by atoms with E-state index in [2.05, 4.69) is 133 Å². The molecule has 0 unspecified atom stereocenters. The zero-order chi connectivity index (χ0) is 38.4. The Bertz CT molecular complexity index is 2040. The zero-order valence-corrected chi connectivity index (χ0v) is 38.3. The van der Waals surface area contributed by atoms with Crippen LogP contribution in [0.5, 0.6) is 11.5 Å². The van der Waals surface area contributed by atoms with Crippen molar-refractivity contribution in [1.29, 1.82) is 0 Å². The third kappa shape index (κ3) is 8.94. The van der Waals surface area contributed by atoms with Gasteiger partial charge in [-0.3, -0.25) is 0 Å². The molecular formula is C48H62O2SiZr. The van der Waals surface area contributed by atoms with Gasteiger partial charge in [0.15, 0.2) is 0 Å². The van der Waals surface area contributed by atoms with E-state index in [0.29, 0.717) is 11.5 Å². The molecule has 6 rings (SSSR count). The van der Waals surface area contributed by atoms with Crippen molar-refractivity contribution < 1.29 is 36.4 Å². The van der Waals surface area contributed by atoms with Gasteiger partial charge in [0.25, 0.3) is 0 Å². The second-order valence-corrected chi connectivity index (χ2v) is 21.8. The second kappa shape index (κ2) is 16.0. The minimum atomic E-state index is -1.88. The predicted molar refractivity (Wildman–Crippen MR) is 227 cm³/mol. The van der Waals surface area contributed by atoms with Crippen LogP contribution >= 0.6 is 0 Å². The van der Waals surface area contributed by atoms with Crippen LogP contribution < -0.4 is 10.4 Å². The summed E-state index contributed by atoms with van der Waals surface area (Å²) in [7, 11) is -1.88. The van der Waals surface area contributed by atoms with E-state index in [-0.39, 0.29) is 37.0 Å². The summed E-state index contributed by atoms with van der Waals surface area (Å²) in [6, 6.07) is 25.4. The number of aryl methyl sites for hydroxylation is 8. The van der Waals surface area contributed by atoms with Crippen molar-refractivity contribution in [3.8, 4) is 11.5 Å². The molecule has 2 N–H and O–H groups in total. The molecule has 52 heavy (non-hydrogen) atoms. The van der Waals surface area contributed by atoms with Gasteiger partial charge in [-0.25, -0.2) is 0 Å². The third-order valence-corrected chi connectivity index (χ3v) is 14.3. The quantitative estimate of drug-likeness (QED) is 0.135. The first-order chi connectivity index (χ1) is 23.5. The first kappa shape index (κ1) is 43.2. The van der Waals surface area contributed by atoms with Crippen LogP contribution in [0, 0.1) is 55.4 Å². The monoisotopic (exact) mass is 788 g/mol. The van der Waals surface area contributed by atoms with Crippen LogP contribution in [0.15, 0.2) is 72.8 Å². The van der Waals surface area contributed by atoms with E-state index in [1.807, 2.05) is 38.1 Å². The molecule has 0 radical (unpaired) electrons. The van der Waals surface area contributed by atoms with Gasteiger partial charge in [-0.05, 0) is 61.8 Å². The summed E-state index contributed by atoms with van der Waals surface area (Å²) in [6.07, 6.45) is 0. The molecule has 0 bridgehead atoms. The van der Waals surface area contributed by atoms with Gasteiger partial charge in [0.2, 0.25) is 0 Å². The first-order valence-corrected chi connectivity index (χ1v) is 21.4. The number of aromatic hydroxyl groups is 2. The molecule has 0 heterocycles. The van der Waals surface area contributed by atoms with Crippen molar-refractivity contribution in [1.82, 2.24) is 0 Å². The number of benzene rings is 4. The first-order valence-electron chi connectivity index (χ1n) is 18.4. The van der Waals surface area contributed by atoms with Gasteiger partial charge in [-0.15, -0.1) is 68.1 Å². The molecular weight excluding hydrogens is 728 g/mol. The second-order valence-electron chi connectivity index (χ2n) is 17.5. The Balaban J connectivity index is 0.000000243.